The fraction of sp³-hybridized carbons (Fsp3) is 0.722. The molecule has 0 aromatic carbocycles. The molecule has 0 fully saturated rings. The predicted octanol–water partition coefficient (Wildman–Crippen LogP) is 4.17. The number of nitrogen functional groups attached to an aromatic ring is 1. The second-order valence-corrected chi connectivity index (χ2v) is 6.18. The Hall–Kier alpha value is -1.65. The highest BCUT2D eigenvalue weighted by Gasteiger charge is 2.07. The van der Waals surface area contributed by atoms with E-state index in [1.54, 1.807) is 0 Å². The molecule has 5 heteroatoms. The summed E-state index contributed by atoms with van der Waals surface area (Å²) in [5, 5.41) is 0. The van der Waals surface area contributed by atoms with Crippen molar-refractivity contribution in [1.82, 2.24) is 9.55 Å². The standard InChI is InChI=1S/C18H31N3O2/c1-2-3-4-5-6-7-8-9-10-11-12-13-17(22)21-15-14-16(19)20-18(21)23/h14-15H,2-13H2,1H3,(H2,19,20,23). The van der Waals surface area contributed by atoms with Crippen molar-refractivity contribution in [2.75, 3.05) is 5.73 Å². The third kappa shape index (κ3) is 8.53. The molecule has 0 spiro atoms. The van der Waals surface area contributed by atoms with Crippen LogP contribution in [-0.2, 0) is 0 Å². The van der Waals surface area contributed by atoms with Crippen LogP contribution < -0.4 is 11.4 Å². The zero-order chi connectivity index (χ0) is 16.9. The maximum absolute atomic E-state index is 11.9. The summed E-state index contributed by atoms with van der Waals surface area (Å²) in [4.78, 5) is 27.0. The van der Waals surface area contributed by atoms with Crippen molar-refractivity contribution < 1.29 is 4.79 Å². The van der Waals surface area contributed by atoms with Crippen molar-refractivity contribution in [3.05, 3.63) is 22.7 Å². The maximum Gasteiger partial charge on any atom is 0.356 e. The molecule has 0 radical (unpaired) electrons. The van der Waals surface area contributed by atoms with Gasteiger partial charge in [-0.05, 0) is 12.5 Å². The van der Waals surface area contributed by atoms with Gasteiger partial charge in [-0.1, -0.05) is 71.1 Å². The SMILES string of the molecule is CCCCCCCCCCCCCC(=O)n1ccc(N)nc1=O. The third-order valence-electron chi connectivity index (χ3n) is 4.09. The number of hydrogen-bond acceptors (Lipinski definition) is 4. The fourth-order valence-corrected chi connectivity index (χ4v) is 2.67. The largest absolute Gasteiger partial charge is 0.383 e. The summed E-state index contributed by atoms with van der Waals surface area (Å²) in [6.45, 7) is 2.24. The minimum absolute atomic E-state index is 0.147. The molecule has 0 atom stereocenters. The van der Waals surface area contributed by atoms with Crippen molar-refractivity contribution in [1.29, 1.82) is 0 Å². The molecule has 23 heavy (non-hydrogen) atoms. The normalized spacial score (nSPS) is 10.8. The van der Waals surface area contributed by atoms with Gasteiger partial charge in [0.1, 0.15) is 5.82 Å². The molecule has 1 aromatic rings. The lowest BCUT2D eigenvalue weighted by Crippen LogP contribution is -2.28. The van der Waals surface area contributed by atoms with Gasteiger partial charge in [-0.15, -0.1) is 0 Å². The quantitative estimate of drug-likeness (QED) is 0.586. The zero-order valence-electron chi connectivity index (χ0n) is 14.4. The van der Waals surface area contributed by atoms with Crippen LogP contribution in [0.4, 0.5) is 5.82 Å². The molecule has 0 unspecified atom stereocenters. The Morgan fingerprint density at radius 2 is 1.52 bits per heavy atom. The van der Waals surface area contributed by atoms with Crippen molar-refractivity contribution in [3.63, 3.8) is 0 Å². The van der Waals surface area contributed by atoms with Crippen LogP contribution in [0.5, 0.6) is 0 Å². The van der Waals surface area contributed by atoms with Crippen LogP contribution in [0.1, 0.15) is 88.8 Å². The highest BCUT2D eigenvalue weighted by molar-refractivity contribution is 5.78. The Balaban J connectivity index is 2.02. The van der Waals surface area contributed by atoms with Crippen LogP contribution in [0.25, 0.3) is 0 Å². The van der Waals surface area contributed by atoms with Crippen LogP contribution in [0, 0.1) is 0 Å². The van der Waals surface area contributed by atoms with Gasteiger partial charge in [0, 0.05) is 12.6 Å². The summed E-state index contributed by atoms with van der Waals surface area (Å²) < 4.78 is 1.05. The molecule has 0 saturated carbocycles. The number of hydrogen-bond donors (Lipinski definition) is 1. The van der Waals surface area contributed by atoms with E-state index in [-0.39, 0.29) is 11.7 Å². The van der Waals surface area contributed by atoms with E-state index in [4.69, 9.17) is 5.73 Å². The maximum atomic E-state index is 11.9. The van der Waals surface area contributed by atoms with Gasteiger partial charge in [0.2, 0.25) is 5.91 Å². The van der Waals surface area contributed by atoms with Crippen molar-refractivity contribution in [2.24, 2.45) is 0 Å². The first kappa shape index (κ1) is 19.4. The Morgan fingerprint density at radius 1 is 1.00 bits per heavy atom. The average Bonchev–Trinajstić information content (AvgIpc) is 2.52. The fourth-order valence-electron chi connectivity index (χ4n) is 2.67. The van der Waals surface area contributed by atoms with Gasteiger partial charge in [0.05, 0.1) is 0 Å². The van der Waals surface area contributed by atoms with Crippen LogP contribution in [-0.4, -0.2) is 15.5 Å². The van der Waals surface area contributed by atoms with Crippen molar-refractivity contribution >= 4 is 11.7 Å². The molecule has 0 amide bonds. The third-order valence-corrected chi connectivity index (χ3v) is 4.09. The number of rotatable bonds is 12. The number of nitrogens with two attached hydrogens (primary N) is 1. The molecule has 0 aliphatic rings. The number of unbranched alkanes of at least 4 members (excludes halogenated alkanes) is 10. The molecule has 1 aromatic heterocycles. The summed E-state index contributed by atoms with van der Waals surface area (Å²) in [7, 11) is 0. The van der Waals surface area contributed by atoms with Gasteiger partial charge >= 0.3 is 5.69 Å². The molecule has 0 aliphatic carbocycles. The number of anilines is 1. The van der Waals surface area contributed by atoms with Gasteiger partial charge in [-0.3, -0.25) is 4.79 Å². The number of carbonyl (C=O) groups is 1. The van der Waals surface area contributed by atoms with Crippen molar-refractivity contribution in [2.45, 2.75) is 84.0 Å². The van der Waals surface area contributed by atoms with E-state index in [0.29, 0.717) is 6.42 Å². The van der Waals surface area contributed by atoms with E-state index in [2.05, 4.69) is 11.9 Å². The lowest BCUT2D eigenvalue weighted by atomic mass is 10.1. The summed E-state index contributed by atoms with van der Waals surface area (Å²) in [5.74, 6) is -0.0489. The highest BCUT2D eigenvalue weighted by atomic mass is 16.2. The minimum Gasteiger partial charge on any atom is -0.383 e. The molecule has 5 nitrogen and oxygen atoms in total. The van der Waals surface area contributed by atoms with Crippen LogP contribution >= 0.6 is 0 Å². The van der Waals surface area contributed by atoms with Crippen molar-refractivity contribution in [3.8, 4) is 0 Å². The van der Waals surface area contributed by atoms with E-state index >= 15 is 0 Å². The molecule has 0 saturated heterocycles. The number of aromatic nitrogens is 2. The summed E-state index contributed by atoms with van der Waals surface area (Å²) >= 11 is 0. The smallest absolute Gasteiger partial charge is 0.356 e. The lowest BCUT2D eigenvalue weighted by Gasteiger charge is -2.04. The first-order chi connectivity index (χ1) is 11.1. The summed E-state index contributed by atoms with van der Waals surface area (Å²) in [6.07, 6.45) is 15.5. The molecule has 0 bridgehead atoms. The van der Waals surface area contributed by atoms with E-state index in [9.17, 15) is 9.59 Å². The second kappa shape index (κ2) is 11.9. The van der Waals surface area contributed by atoms with Gasteiger partial charge in [-0.25, -0.2) is 9.36 Å². The molecular formula is C18H31N3O2. The van der Waals surface area contributed by atoms with Crippen LogP contribution in [0.15, 0.2) is 17.1 Å². The summed E-state index contributed by atoms with van der Waals surface area (Å²) in [6, 6.07) is 1.47. The predicted molar refractivity (Wildman–Crippen MR) is 94.6 cm³/mol. The second-order valence-electron chi connectivity index (χ2n) is 6.18. The first-order valence-corrected chi connectivity index (χ1v) is 9.03. The Morgan fingerprint density at radius 3 is 2.04 bits per heavy atom. The molecule has 130 valence electrons. The molecule has 1 heterocycles. The van der Waals surface area contributed by atoms with E-state index in [1.807, 2.05) is 0 Å². The molecular weight excluding hydrogens is 290 g/mol. The topological polar surface area (TPSA) is 78.0 Å². The number of carbonyl (C=O) groups excluding carboxylic acids is 1. The Kier molecular flexibility index (Phi) is 10.00. The van der Waals surface area contributed by atoms with Crippen LogP contribution in [0.3, 0.4) is 0 Å². The Labute approximate surface area is 139 Å². The summed E-state index contributed by atoms with van der Waals surface area (Å²) in [5.41, 5.74) is 4.82. The van der Waals surface area contributed by atoms with Gasteiger partial charge < -0.3 is 5.73 Å². The zero-order valence-corrected chi connectivity index (χ0v) is 14.4. The van der Waals surface area contributed by atoms with E-state index in [1.165, 1.54) is 63.6 Å². The Bertz CT molecular complexity index is 511. The number of nitrogens with zero attached hydrogens (tertiary/aromatic N) is 2. The molecule has 2 N–H and O–H groups in total. The van der Waals surface area contributed by atoms with Crippen LogP contribution in [0.2, 0.25) is 0 Å². The van der Waals surface area contributed by atoms with E-state index < -0.39 is 5.69 Å². The monoisotopic (exact) mass is 321 g/mol. The highest BCUT2D eigenvalue weighted by Crippen LogP contribution is 2.12. The average molecular weight is 321 g/mol. The minimum atomic E-state index is -0.585. The lowest BCUT2D eigenvalue weighted by molar-refractivity contribution is 0.0893. The van der Waals surface area contributed by atoms with Gasteiger partial charge in [0.15, 0.2) is 0 Å². The van der Waals surface area contributed by atoms with E-state index in [0.717, 1.165) is 23.8 Å². The van der Waals surface area contributed by atoms with Gasteiger partial charge in [0.25, 0.3) is 0 Å². The van der Waals surface area contributed by atoms with Gasteiger partial charge in [-0.2, -0.15) is 4.98 Å². The molecule has 0 aliphatic heterocycles. The molecule has 1 rings (SSSR count). The first-order valence-electron chi connectivity index (χ1n) is 9.03.